The van der Waals surface area contributed by atoms with Crippen molar-refractivity contribution in [3.63, 3.8) is 0 Å². The molecule has 0 aliphatic carbocycles. The Morgan fingerprint density at radius 3 is 2.23 bits per heavy atom. The van der Waals surface area contributed by atoms with Crippen LogP contribution in [0, 0.1) is 19.3 Å². The fourth-order valence-corrected chi connectivity index (χ4v) is 5.16. The van der Waals surface area contributed by atoms with Gasteiger partial charge in [0.05, 0.1) is 11.4 Å². The molecule has 0 fully saturated rings. The summed E-state index contributed by atoms with van der Waals surface area (Å²) < 4.78 is 0. The number of hydrogen-bond donors (Lipinski definition) is 1. The van der Waals surface area contributed by atoms with Gasteiger partial charge in [0.25, 0.3) is 0 Å². The van der Waals surface area contributed by atoms with Crippen molar-refractivity contribution in [1.29, 1.82) is 0 Å². The highest BCUT2D eigenvalue weighted by molar-refractivity contribution is 6.09. The molecule has 5 heteroatoms. The van der Waals surface area contributed by atoms with Gasteiger partial charge >= 0.3 is 5.97 Å². The maximum Gasteiger partial charge on any atom is 0.331 e. The maximum absolute atomic E-state index is 13.4. The monoisotopic (exact) mass is 414 g/mol. The first kappa shape index (κ1) is 22.6. The smallest absolute Gasteiger partial charge is 0.331 e. The summed E-state index contributed by atoms with van der Waals surface area (Å²) >= 11 is 0. The molecule has 0 saturated heterocycles. The van der Waals surface area contributed by atoms with E-state index in [1.54, 1.807) is 4.90 Å². The molecule has 1 aromatic carbocycles. The second-order valence-corrected chi connectivity index (χ2v) is 10.0. The van der Waals surface area contributed by atoms with Crippen LogP contribution < -0.4 is 9.80 Å². The van der Waals surface area contributed by atoms with Gasteiger partial charge in [-0.2, -0.15) is 0 Å². The van der Waals surface area contributed by atoms with Gasteiger partial charge in [-0.3, -0.25) is 9.69 Å². The van der Waals surface area contributed by atoms with Crippen molar-refractivity contribution in [3.05, 3.63) is 22.3 Å². The van der Waals surface area contributed by atoms with Crippen molar-refractivity contribution in [2.75, 3.05) is 22.9 Å². The molecule has 0 radical (unpaired) electrons. The van der Waals surface area contributed by atoms with E-state index in [0.717, 1.165) is 54.0 Å². The molecule has 2 bridgehead atoms. The molecule has 1 atom stereocenters. The van der Waals surface area contributed by atoms with Crippen LogP contribution in [0.5, 0.6) is 0 Å². The Balaban J connectivity index is 1.95. The van der Waals surface area contributed by atoms with Crippen molar-refractivity contribution in [3.8, 4) is 0 Å². The molecule has 30 heavy (non-hydrogen) atoms. The summed E-state index contributed by atoms with van der Waals surface area (Å²) in [6.07, 6.45) is 8.42. The number of carboxylic acid groups (broad SMARTS) is 1. The van der Waals surface area contributed by atoms with Crippen LogP contribution >= 0.6 is 0 Å². The predicted octanol–water partition coefficient (Wildman–Crippen LogP) is 5.54. The lowest BCUT2D eigenvalue weighted by Crippen LogP contribution is -2.43. The fourth-order valence-electron chi connectivity index (χ4n) is 5.16. The van der Waals surface area contributed by atoms with Crippen molar-refractivity contribution < 1.29 is 14.7 Å². The summed E-state index contributed by atoms with van der Waals surface area (Å²) in [6.45, 7) is 13.8. The van der Waals surface area contributed by atoms with Gasteiger partial charge in [-0.1, -0.05) is 59.8 Å². The van der Waals surface area contributed by atoms with Gasteiger partial charge in [-0.15, -0.1) is 0 Å². The lowest BCUT2D eigenvalue weighted by molar-refractivity contribution is -0.141. The number of rotatable bonds is 8. The van der Waals surface area contributed by atoms with Gasteiger partial charge in [-0.25, -0.2) is 4.79 Å². The zero-order chi connectivity index (χ0) is 22.2. The Labute approximate surface area is 181 Å². The number of carbonyl (C=O) groups excluding carboxylic acids is 1. The molecule has 3 rings (SSSR count). The minimum absolute atomic E-state index is 0.118. The molecule has 1 unspecified atom stereocenters. The van der Waals surface area contributed by atoms with Crippen LogP contribution in [0.1, 0.15) is 94.5 Å². The van der Waals surface area contributed by atoms with Crippen molar-refractivity contribution >= 4 is 23.3 Å². The number of carboxylic acids is 1. The average Bonchev–Trinajstić information content (AvgIpc) is 3.17. The third kappa shape index (κ3) is 3.83. The highest BCUT2D eigenvalue weighted by Gasteiger charge is 2.48. The maximum atomic E-state index is 13.4. The number of nitrogens with zero attached hydrogens (tertiary/aromatic N) is 2. The number of benzene rings is 1. The van der Waals surface area contributed by atoms with E-state index in [4.69, 9.17) is 0 Å². The fraction of sp³-hybridized carbons (Fsp3) is 0.680. The van der Waals surface area contributed by atoms with Crippen molar-refractivity contribution in [1.82, 2.24) is 0 Å². The Bertz CT molecular complexity index is 838. The highest BCUT2D eigenvalue weighted by atomic mass is 16.4. The number of amides is 1. The van der Waals surface area contributed by atoms with E-state index in [1.165, 1.54) is 37.7 Å². The Morgan fingerprint density at radius 1 is 1.00 bits per heavy atom. The predicted molar refractivity (Wildman–Crippen MR) is 123 cm³/mol. The van der Waals surface area contributed by atoms with Gasteiger partial charge in [0.1, 0.15) is 0 Å². The minimum atomic E-state index is -0.944. The van der Waals surface area contributed by atoms with E-state index < -0.39 is 17.4 Å². The summed E-state index contributed by atoms with van der Waals surface area (Å²) in [4.78, 5) is 29.7. The Kier molecular flexibility index (Phi) is 6.49. The summed E-state index contributed by atoms with van der Waals surface area (Å²) in [6, 6.07) is -0.909. The molecule has 0 aromatic heterocycles. The molecule has 0 spiro atoms. The second kappa shape index (κ2) is 8.60. The molecule has 2 heterocycles. The molecule has 1 N–H and O–H groups in total. The summed E-state index contributed by atoms with van der Waals surface area (Å²) in [5, 5.41) is 10.1. The van der Waals surface area contributed by atoms with Crippen molar-refractivity contribution in [2.45, 2.75) is 92.5 Å². The molecule has 166 valence electrons. The first-order valence-corrected chi connectivity index (χ1v) is 11.6. The summed E-state index contributed by atoms with van der Waals surface area (Å²) in [5.74, 6) is -1.06. The van der Waals surface area contributed by atoms with E-state index in [2.05, 4.69) is 11.8 Å². The van der Waals surface area contributed by atoms with Crippen LogP contribution in [-0.4, -0.2) is 30.1 Å². The molecule has 5 nitrogen and oxygen atoms in total. The van der Waals surface area contributed by atoms with Gasteiger partial charge in [-0.05, 0) is 48.9 Å². The normalized spacial score (nSPS) is 17.6. The zero-order valence-corrected chi connectivity index (χ0v) is 19.6. The van der Waals surface area contributed by atoms with Crippen LogP contribution in [0.25, 0.3) is 0 Å². The topological polar surface area (TPSA) is 60.9 Å². The first-order valence-electron chi connectivity index (χ1n) is 11.6. The average molecular weight is 415 g/mol. The van der Waals surface area contributed by atoms with E-state index >= 15 is 0 Å². The Morgan fingerprint density at radius 2 is 1.63 bits per heavy atom. The number of unbranched alkanes of at least 4 members (excludes halogenated alkanes) is 5. The molecular formula is C25H38N2O3. The number of aliphatic carboxylic acids is 1. The molecule has 0 saturated carbocycles. The van der Waals surface area contributed by atoms with Gasteiger partial charge in [0, 0.05) is 18.5 Å². The van der Waals surface area contributed by atoms with E-state index in [0.29, 0.717) is 0 Å². The molecule has 2 aliphatic heterocycles. The minimum Gasteiger partial charge on any atom is -0.479 e. The zero-order valence-electron chi connectivity index (χ0n) is 19.6. The summed E-state index contributed by atoms with van der Waals surface area (Å²) in [5.41, 5.74) is 5.42. The third-order valence-electron chi connectivity index (χ3n) is 6.72. The van der Waals surface area contributed by atoms with Crippen LogP contribution in [0.2, 0.25) is 0 Å². The first-order chi connectivity index (χ1) is 14.1. The third-order valence-corrected chi connectivity index (χ3v) is 6.72. The molecule has 2 aliphatic rings. The van der Waals surface area contributed by atoms with Gasteiger partial charge < -0.3 is 10.0 Å². The quantitative estimate of drug-likeness (QED) is 0.567. The lowest BCUT2D eigenvalue weighted by Gasteiger charge is -2.32. The lowest BCUT2D eigenvalue weighted by atomic mass is 9.93. The second-order valence-electron chi connectivity index (χ2n) is 10.0. The number of fused-ring (bicyclic) bond motifs is 4. The molecular weight excluding hydrogens is 376 g/mol. The largest absolute Gasteiger partial charge is 0.479 e. The SMILES string of the molecule is CCCCCCCCN1CCc2c(C)c3c(C)c(c21)N(C(=O)C(C)(C)C)C3C(=O)O. The van der Waals surface area contributed by atoms with Gasteiger partial charge in [0.2, 0.25) is 5.91 Å². The van der Waals surface area contributed by atoms with E-state index in [9.17, 15) is 14.7 Å². The number of hydrogen-bond acceptors (Lipinski definition) is 3. The molecule has 1 amide bonds. The van der Waals surface area contributed by atoms with E-state index in [1.807, 2.05) is 34.6 Å². The van der Waals surface area contributed by atoms with Crippen LogP contribution in [0.3, 0.4) is 0 Å². The van der Waals surface area contributed by atoms with Crippen LogP contribution in [-0.2, 0) is 16.0 Å². The van der Waals surface area contributed by atoms with Gasteiger partial charge in [0.15, 0.2) is 6.04 Å². The highest BCUT2D eigenvalue weighted by Crippen LogP contribution is 2.54. The standard InChI is InChI=1S/C25H38N2O3/c1-7-8-9-10-11-12-14-26-15-13-18-16(2)19-17(3)20(21(18)26)27(22(19)23(28)29)24(30)25(4,5)6/h22H,7-15H2,1-6H3,(H,28,29). The Hall–Kier alpha value is -2.04. The molecule has 1 aromatic rings. The number of anilines is 2. The summed E-state index contributed by atoms with van der Waals surface area (Å²) in [7, 11) is 0. The van der Waals surface area contributed by atoms with E-state index in [-0.39, 0.29) is 5.91 Å². The van der Waals surface area contributed by atoms with Crippen LogP contribution in [0.4, 0.5) is 11.4 Å². The van der Waals surface area contributed by atoms with Crippen LogP contribution in [0.15, 0.2) is 0 Å². The van der Waals surface area contributed by atoms with Crippen molar-refractivity contribution in [2.24, 2.45) is 5.41 Å². The number of carbonyl (C=O) groups is 2.